The van der Waals surface area contributed by atoms with Crippen LogP contribution in [0, 0.1) is 13.3 Å². The molecular formula is C9H10N. The summed E-state index contributed by atoms with van der Waals surface area (Å²) in [5.74, 6) is 0. The summed E-state index contributed by atoms with van der Waals surface area (Å²) in [4.78, 5) is 4.12. The third kappa shape index (κ3) is 1.44. The van der Waals surface area contributed by atoms with Gasteiger partial charge in [0.15, 0.2) is 0 Å². The number of hydrogen-bond donors (Lipinski definition) is 0. The molecule has 0 aliphatic carbocycles. The van der Waals surface area contributed by atoms with E-state index in [1.165, 1.54) is 0 Å². The minimum absolute atomic E-state index is 1.04. The van der Waals surface area contributed by atoms with Crippen LogP contribution in [0.3, 0.4) is 0 Å². The molecule has 1 aromatic rings. The van der Waals surface area contributed by atoms with Gasteiger partial charge >= 0.3 is 0 Å². The van der Waals surface area contributed by atoms with E-state index in [1.54, 1.807) is 12.3 Å². The van der Waals surface area contributed by atoms with Crippen molar-refractivity contribution in [3.05, 3.63) is 48.7 Å². The van der Waals surface area contributed by atoms with Crippen LogP contribution < -0.4 is 0 Å². The monoisotopic (exact) mass is 132 g/mol. The van der Waals surface area contributed by atoms with Gasteiger partial charge in [-0.3, -0.25) is 4.98 Å². The summed E-state index contributed by atoms with van der Waals surface area (Å²) < 4.78 is 0. The molecule has 1 radical (unpaired) electrons. The third-order valence-electron chi connectivity index (χ3n) is 1.35. The van der Waals surface area contributed by atoms with E-state index in [-0.39, 0.29) is 0 Å². The number of aryl methyl sites for hydroxylation is 1. The van der Waals surface area contributed by atoms with E-state index >= 15 is 0 Å². The van der Waals surface area contributed by atoms with Gasteiger partial charge in [0.25, 0.3) is 0 Å². The summed E-state index contributed by atoms with van der Waals surface area (Å²) >= 11 is 0. The average molecular weight is 132 g/mol. The van der Waals surface area contributed by atoms with E-state index in [1.807, 2.05) is 25.5 Å². The van der Waals surface area contributed by atoms with Gasteiger partial charge in [-0.15, -0.1) is 6.58 Å². The maximum Gasteiger partial charge on any atom is 0.0410 e. The van der Waals surface area contributed by atoms with Crippen LogP contribution in [0.5, 0.6) is 0 Å². The second kappa shape index (κ2) is 3.16. The Bertz CT molecular complexity index is 228. The normalized spacial score (nSPS) is 9.30. The molecular weight excluding hydrogens is 122 g/mol. The number of pyridine rings is 1. The first-order valence-electron chi connectivity index (χ1n) is 3.22. The van der Waals surface area contributed by atoms with E-state index in [9.17, 15) is 0 Å². The fourth-order valence-electron chi connectivity index (χ4n) is 0.800. The lowest BCUT2D eigenvalue weighted by Crippen LogP contribution is -1.86. The zero-order valence-electron chi connectivity index (χ0n) is 6.04. The molecule has 0 fully saturated rings. The number of hydrogen-bond acceptors (Lipinski definition) is 1. The minimum atomic E-state index is 1.04. The fourth-order valence-corrected chi connectivity index (χ4v) is 0.800. The van der Waals surface area contributed by atoms with E-state index < -0.39 is 0 Å². The van der Waals surface area contributed by atoms with E-state index in [0.29, 0.717) is 0 Å². The van der Waals surface area contributed by atoms with Gasteiger partial charge < -0.3 is 0 Å². The number of aromatic nitrogens is 1. The van der Waals surface area contributed by atoms with Crippen LogP contribution >= 0.6 is 0 Å². The minimum Gasteiger partial charge on any atom is -0.261 e. The molecule has 1 heteroatoms. The standard InChI is InChI=1S/C9H10N/c1-3-5-9-6-4-7-10-8(9)2/h3-7H,1H2,2H3. The lowest BCUT2D eigenvalue weighted by molar-refractivity contribution is 1.17. The van der Waals surface area contributed by atoms with Gasteiger partial charge in [-0.2, -0.15) is 0 Å². The molecule has 0 aliphatic rings. The molecule has 0 unspecified atom stereocenters. The van der Waals surface area contributed by atoms with Gasteiger partial charge in [0, 0.05) is 18.3 Å². The van der Waals surface area contributed by atoms with Crippen molar-refractivity contribution in [2.75, 3.05) is 0 Å². The molecule has 1 heterocycles. The van der Waals surface area contributed by atoms with Gasteiger partial charge in [0.1, 0.15) is 0 Å². The van der Waals surface area contributed by atoms with Crippen LogP contribution in [0.15, 0.2) is 31.0 Å². The fraction of sp³-hybridized carbons (Fsp3) is 0.111. The molecule has 1 rings (SSSR count). The Morgan fingerprint density at radius 1 is 1.60 bits per heavy atom. The average Bonchev–Trinajstić information content (AvgIpc) is 1.94. The Hall–Kier alpha value is -1.11. The molecule has 0 aliphatic heterocycles. The summed E-state index contributed by atoms with van der Waals surface area (Å²) in [5.41, 5.74) is 2.18. The maximum atomic E-state index is 4.12. The van der Waals surface area contributed by atoms with E-state index in [0.717, 1.165) is 11.3 Å². The molecule has 0 aromatic carbocycles. The van der Waals surface area contributed by atoms with Crippen molar-refractivity contribution in [1.29, 1.82) is 0 Å². The van der Waals surface area contributed by atoms with Crippen molar-refractivity contribution in [2.24, 2.45) is 0 Å². The first-order chi connectivity index (χ1) is 4.84. The Morgan fingerprint density at radius 3 is 3.00 bits per heavy atom. The van der Waals surface area contributed by atoms with Gasteiger partial charge in [-0.05, 0) is 18.6 Å². The maximum absolute atomic E-state index is 4.12. The number of rotatable bonds is 2. The molecule has 1 aromatic heterocycles. The van der Waals surface area contributed by atoms with Gasteiger partial charge in [0.2, 0.25) is 0 Å². The molecule has 0 saturated heterocycles. The molecule has 0 bridgehead atoms. The molecule has 10 heavy (non-hydrogen) atoms. The summed E-state index contributed by atoms with van der Waals surface area (Å²) in [6, 6.07) is 3.94. The van der Waals surface area contributed by atoms with E-state index in [4.69, 9.17) is 0 Å². The molecule has 0 saturated carbocycles. The van der Waals surface area contributed by atoms with Crippen LogP contribution in [0.4, 0.5) is 0 Å². The molecule has 0 spiro atoms. The first-order valence-corrected chi connectivity index (χ1v) is 3.22. The summed E-state index contributed by atoms with van der Waals surface area (Å²) in [7, 11) is 0. The Morgan fingerprint density at radius 2 is 2.40 bits per heavy atom. The van der Waals surface area contributed by atoms with E-state index in [2.05, 4.69) is 11.6 Å². The highest BCUT2D eigenvalue weighted by Crippen LogP contribution is 2.05. The Kier molecular flexibility index (Phi) is 2.21. The molecule has 0 amide bonds. The van der Waals surface area contributed by atoms with Crippen molar-refractivity contribution in [1.82, 2.24) is 4.98 Å². The Labute approximate surface area is 61.4 Å². The molecule has 0 N–H and O–H groups in total. The summed E-state index contributed by atoms with van der Waals surface area (Å²) in [6.07, 6.45) is 5.50. The third-order valence-corrected chi connectivity index (χ3v) is 1.35. The topological polar surface area (TPSA) is 12.9 Å². The summed E-state index contributed by atoms with van der Waals surface area (Å²) in [5, 5.41) is 0. The van der Waals surface area contributed by atoms with Crippen LogP contribution in [0.2, 0.25) is 0 Å². The highest BCUT2D eigenvalue weighted by atomic mass is 14.7. The lowest BCUT2D eigenvalue weighted by Gasteiger charge is -1.97. The quantitative estimate of drug-likeness (QED) is 0.600. The second-order valence-electron chi connectivity index (χ2n) is 2.08. The largest absolute Gasteiger partial charge is 0.261 e. The highest BCUT2D eigenvalue weighted by Gasteiger charge is 1.92. The second-order valence-corrected chi connectivity index (χ2v) is 2.08. The van der Waals surface area contributed by atoms with Crippen molar-refractivity contribution in [2.45, 2.75) is 6.92 Å². The number of nitrogens with zero attached hydrogens (tertiary/aromatic N) is 1. The van der Waals surface area contributed by atoms with Crippen molar-refractivity contribution < 1.29 is 0 Å². The SMILES string of the molecule is C=C[CH]c1cccnc1C. The zero-order chi connectivity index (χ0) is 7.40. The van der Waals surface area contributed by atoms with Crippen molar-refractivity contribution in [3.8, 4) is 0 Å². The van der Waals surface area contributed by atoms with Crippen molar-refractivity contribution >= 4 is 0 Å². The predicted octanol–water partition coefficient (Wildman–Crippen LogP) is 2.13. The smallest absolute Gasteiger partial charge is 0.0410 e. The molecule has 0 atom stereocenters. The van der Waals surface area contributed by atoms with Crippen LogP contribution in [0.25, 0.3) is 0 Å². The van der Waals surface area contributed by atoms with Crippen LogP contribution in [-0.4, -0.2) is 4.98 Å². The zero-order valence-corrected chi connectivity index (χ0v) is 6.04. The highest BCUT2D eigenvalue weighted by molar-refractivity contribution is 5.29. The Balaban J connectivity index is 2.91. The number of allylic oxidation sites excluding steroid dienone is 1. The van der Waals surface area contributed by atoms with Crippen LogP contribution in [0.1, 0.15) is 11.3 Å². The van der Waals surface area contributed by atoms with Crippen LogP contribution in [-0.2, 0) is 0 Å². The van der Waals surface area contributed by atoms with Gasteiger partial charge in [-0.1, -0.05) is 12.1 Å². The van der Waals surface area contributed by atoms with Gasteiger partial charge in [-0.25, -0.2) is 0 Å². The van der Waals surface area contributed by atoms with Gasteiger partial charge in [0.05, 0.1) is 0 Å². The summed E-state index contributed by atoms with van der Waals surface area (Å²) in [6.45, 7) is 5.60. The predicted molar refractivity (Wildman–Crippen MR) is 42.6 cm³/mol. The van der Waals surface area contributed by atoms with Crippen molar-refractivity contribution in [3.63, 3.8) is 0 Å². The first kappa shape index (κ1) is 7.00. The molecule has 51 valence electrons. The molecule has 1 nitrogen and oxygen atoms in total. The lowest BCUT2D eigenvalue weighted by atomic mass is 10.1.